The molecule has 0 aromatic heterocycles. The van der Waals surface area contributed by atoms with Crippen molar-refractivity contribution in [3.63, 3.8) is 0 Å². The molecule has 0 radical (unpaired) electrons. The fourth-order valence-electron chi connectivity index (χ4n) is 3.21. The molecule has 0 bridgehead atoms. The number of benzene rings is 2. The monoisotopic (exact) mass is 406 g/mol. The Balaban J connectivity index is 1.86. The average molecular weight is 407 g/mol. The van der Waals surface area contributed by atoms with Gasteiger partial charge in [-0.05, 0) is 55.7 Å². The summed E-state index contributed by atoms with van der Waals surface area (Å²) in [5, 5.41) is 3.23. The molecule has 0 unspecified atom stereocenters. The van der Waals surface area contributed by atoms with Gasteiger partial charge in [-0.1, -0.05) is 36.6 Å². The second-order valence-corrected chi connectivity index (χ2v) is 9.11. The summed E-state index contributed by atoms with van der Waals surface area (Å²) in [6, 6.07) is 11.6. The highest BCUT2D eigenvalue weighted by molar-refractivity contribution is 7.89. The summed E-state index contributed by atoms with van der Waals surface area (Å²) in [6.07, 6.45) is 3.87. The van der Waals surface area contributed by atoms with Gasteiger partial charge in [0.2, 0.25) is 10.0 Å². The van der Waals surface area contributed by atoms with Gasteiger partial charge in [0.1, 0.15) is 0 Å². The van der Waals surface area contributed by atoms with E-state index in [0.717, 1.165) is 25.7 Å². The van der Waals surface area contributed by atoms with Crippen LogP contribution in [0.1, 0.15) is 41.6 Å². The Kier molecular flexibility index (Phi) is 6.19. The van der Waals surface area contributed by atoms with E-state index < -0.39 is 10.0 Å². The molecule has 7 heteroatoms. The lowest BCUT2D eigenvalue weighted by Crippen LogP contribution is -2.32. The van der Waals surface area contributed by atoms with Crippen molar-refractivity contribution in [2.75, 3.05) is 18.4 Å². The van der Waals surface area contributed by atoms with Gasteiger partial charge in [-0.15, -0.1) is 0 Å². The molecular formula is C20H23ClN2O3S. The summed E-state index contributed by atoms with van der Waals surface area (Å²) in [7, 11) is -3.58. The zero-order valence-electron chi connectivity index (χ0n) is 15.2. The number of aryl methyl sites for hydroxylation is 1. The number of halogens is 1. The molecule has 144 valence electrons. The van der Waals surface area contributed by atoms with Crippen LogP contribution in [0.2, 0.25) is 5.02 Å². The van der Waals surface area contributed by atoms with Crippen LogP contribution in [-0.2, 0) is 10.0 Å². The first kappa shape index (κ1) is 19.9. The Morgan fingerprint density at radius 3 is 2.41 bits per heavy atom. The summed E-state index contributed by atoms with van der Waals surface area (Å²) in [6.45, 7) is 2.86. The third-order valence-corrected chi connectivity index (χ3v) is 6.99. The standard InChI is InChI=1S/C20H23ClN2O3S/c1-15-9-10-18(22-20(24)16-7-6-8-17(21)13-16)14-19(15)27(25,26)23-11-4-2-3-5-12-23/h6-10,13-14H,2-5,11-12H2,1H3,(H,22,24). The number of amides is 1. The zero-order valence-corrected chi connectivity index (χ0v) is 16.8. The molecule has 1 aliphatic heterocycles. The van der Waals surface area contributed by atoms with Gasteiger partial charge in [0.05, 0.1) is 4.90 Å². The van der Waals surface area contributed by atoms with Crippen LogP contribution in [0.25, 0.3) is 0 Å². The Labute approximate surface area is 165 Å². The van der Waals surface area contributed by atoms with Crippen molar-refractivity contribution in [3.05, 3.63) is 58.6 Å². The van der Waals surface area contributed by atoms with Crippen molar-refractivity contribution in [3.8, 4) is 0 Å². The predicted octanol–water partition coefficient (Wildman–Crippen LogP) is 4.47. The number of sulfonamides is 1. The minimum Gasteiger partial charge on any atom is -0.322 e. The molecule has 5 nitrogen and oxygen atoms in total. The van der Waals surface area contributed by atoms with E-state index >= 15 is 0 Å². The normalized spacial score (nSPS) is 15.9. The first-order valence-electron chi connectivity index (χ1n) is 9.05. The smallest absolute Gasteiger partial charge is 0.255 e. The van der Waals surface area contributed by atoms with E-state index in [0.29, 0.717) is 34.9 Å². The van der Waals surface area contributed by atoms with E-state index in [1.165, 1.54) is 6.07 Å². The van der Waals surface area contributed by atoms with Crippen molar-refractivity contribution in [1.29, 1.82) is 0 Å². The van der Waals surface area contributed by atoms with Crippen molar-refractivity contribution in [1.82, 2.24) is 4.31 Å². The molecule has 1 aliphatic rings. The number of anilines is 1. The molecule has 1 N–H and O–H groups in total. The topological polar surface area (TPSA) is 66.5 Å². The highest BCUT2D eigenvalue weighted by Gasteiger charge is 2.27. The third kappa shape index (κ3) is 4.69. The van der Waals surface area contributed by atoms with Crippen LogP contribution in [0.4, 0.5) is 5.69 Å². The van der Waals surface area contributed by atoms with Crippen LogP contribution in [0.15, 0.2) is 47.4 Å². The van der Waals surface area contributed by atoms with Crippen LogP contribution in [-0.4, -0.2) is 31.7 Å². The van der Waals surface area contributed by atoms with Gasteiger partial charge < -0.3 is 5.32 Å². The van der Waals surface area contributed by atoms with E-state index in [1.54, 1.807) is 47.6 Å². The average Bonchev–Trinajstić information content (AvgIpc) is 2.93. The summed E-state index contributed by atoms with van der Waals surface area (Å²) in [5.74, 6) is -0.334. The van der Waals surface area contributed by atoms with Crippen molar-refractivity contribution in [2.24, 2.45) is 0 Å². The lowest BCUT2D eigenvalue weighted by Gasteiger charge is -2.21. The maximum Gasteiger partial charge on any atom is 0.255 e. The van der Waals surface area contributed by atoms with Crippen molar-refractivity contribution >= 4 is 33.2 Å². The van der Waals surface area contributed by atoms with Crippen molar-refractivity contribution in [2.45, 2.75) is 37.5 Å². The number of carbonyl (C=O) groups excluding carboxylic acids is 1. The van der Waals surface area contributed by atoms with Crippen LogP contribution in [0.5, 0.6) is 0 Å². The molecular weight excluding hydrogens is 384 g/mol. The Bertz CT molecular complexity index is 936. The fourth-order valence-corrected chi connectivity index (χ4v) is 5.17. The minimum absolute atomic E-state index is 0.244. The van der Waals surface area contributed by atoms with Gasteiger partial charge >= 0.3 is 0 Å². The van der Waals surface area contributed by atoms with Gasteiger partial charge in [0.25, 0.3) is 5.91 Å². The van der Waals surface area contributed by atoms with Crippen LogP contribution in [0.3, 0.4) is 0 Å². The molecule has 0 aliphatic carbocycles. The van der Waals surface area contributed by atoms with E-state index in [1.807, 2.05) is 0 Å². The molecule has 0 atom stereocenters. The number of rotatable bonds is 4. The molecule has 1 saturated heterocycles. The number of hydrogen-bond donors (Lipinski definition) is 1. The highest BCUT2D eigenvalue weighted by atomic mass is 35.5. The largest absolute Gasteiger partial charge is 0.322 e. The van der Waals surface area contributed by atoms with E-state index in [9.17, 15) is 13.2 Å². The molecule has 2 aromatic rings. The first-order chi connectivity index (χ1) is 12.9. The molecule has 3 rings (SSSR count). The van der Waals surface area contributed by atoms with E-state index in [4.69, 9.17) is 11.6 Å². The molecule has 2 aromatic carbocycles. The zero-order chi connectivity index (χ0) is 19.4. The van der Waals surface area contributed by atoms with Crippen molar-refractivity contribution < 1.29 is 13.2 Å². The Morgan fingerprint density at radius 1 is 1.04 bits per heavy atom. The minimum atomic E-state index is -3.58. The Hall–Kier alpha value is -1.89. The third-order valence-electron chi connectivity index (χ3n) is 4.72. The second-order valence-electron chi connectivity index (χ2n) is 6.76. The molecule has 0 spiro atoms. The van der Waals surface area contributed by atoms with Gasteiger partial charge in [-0.25, -0.2) is 8.42 Å². The lowest BCUT2D eigenvalue weighted by molar-refractivity contribution is 0.102. The highest BCUT2D eigenvalue weighted by Crippen LogP contribution is 2.26. The van der Waals surface area contributed by atoms with Gasteiger partial charge in [-0.2, -0.15) is 4.31 Å². The van der Waals surface area contributed by atoms with Crippen LogP contribution < -0.4 is 5.32 Å². The summed E-state index contributed by atoms with van der Waals surface area (Å²) in [5.41, 5.74) is 1.53. The summed E-state index contributed by atoms with van der Waals surface area (Å²) >= 11 is 5.93. The van der Waals surface area contributed by atoms with E-state index in [-0.39, 0.29) is 10.8 Å². The first-order valence-corrected chi connectivity index (χ1v) is 10.9. The molecule has 27 heavy (non-hydrogen) atoms. The fraction of sp³-hybridized carbons (Fsp3) is 0.350. The Morgan fingerprint density at radius 2 is 1.74 bits per heavy atom. The van der Waals surface area contributed by atoms with Gasteiger partial charge in [0.15, 0.2) is 0 Å². The number of nitrogens with zero attached hydrogens (tertiary/aromatic N) is 1. The lowest BCUT2D eigenvalue weighted by atomic mass is 10.2. The number of carbonyl (C=O) groups is 1. The molecule has 1 heterocycles. The van der Waals surface area contributed by atoms with Crippen LogP contribution in [0, 0.1) is 6.92 Å². The summed E-state index contributed by atoms with van der Waals surface area (Å²) < 4.78 is 27.8. The molecule has 1 amide bonds. The van der Waals surface area contributed by atoms with Gasteiger partial charge in [0, 0.05) is 29.4 Å². The molecule has 0 saturated carbocycles. The number of nitrogens with one attached hydrogen (secondary N) is 1. The SMILES string of the molecule is Cc1ccc(NC(=O)c2cccc(Cl)c2)cc1S(=O)(=O)N1CCCCCC1. The summed E-state index contributed by atoms with van der Waals surface area (Å²) in [4.78, 5) is 12.7. The second kappa shape index (κ2) is 8.42. The quantitative estimate of drug-likeness (QED) is 0.814. The number of hydrogen-bond acceptors (Lipinski definition) is 3. The van der Waals surface area contributed by atoms with Gasteiger partial charge in [-0.3, -0.25) is 4.79 Å². The van der Waals surface area contributed by atoms with E-state index in [2.05, 4.69) is 5.32 Å². The van der Waals surface area contributed by atoms with Crippen LogP contribution >= 0.6 is 11.6 Å². The maximum atomic E-state index is 13.1. The predicted molar refractivity (Wildman–Crippen MR) is 108 cm³/mol. The maximum absolute atomic E-state index is 13.1. The molecule has 1 fully saturated rings.